The molecule has 2 aromatic rings. The van der Waals surface area contributed by atoms with Gasteiger partial charge in [0.05, 0.1) is 6.42 Å². The van der Waals surface area contributed by atoms with E-state index in [2.05, 4.69) is 0 Å². The molecular formula is C13H11F3OS. The lowest BCUT2D eigenvalue weighted by molar-refractivity contribution is -0.143. The van der Waals surface area contributed by atoms with Crippen LogP contribution in [0.5, 0.6) is 0 Å². The Morgan fingerprint density at radius 3 is 2.67 bits per heavy atom. The minimum absolute atomic E-state index is 0.0834. The van der Waals surface area contributed by atoms with Gasteiger partial charge < -0.3 is 0 Å². The number of rotatable bonds is 4. The molecule has 0 saturated heterocycles. The van der Waals surface area contributed by atoms with Gasteiger partial charge in [-0.1, -0.05) is 18.2 Å². The molecule has 1 aromatic carbocycles. The SMILES string of the molecule is O=C(CCC(F)(F)F)Cc1csc2ccccc12. The number of fused-ring (bicyclic) bond motifs is 1. The van der Waals surface area contributed by atoms with Crippen molar-refractivity contribution in [2.24, 2.45) is 0 Å². The molecule has 1 nitrogen and oxygen atoms in total. The zero-order valence-corrected chi connectivity index (χ0v) is 10.3. The number of hydrogen-bond acceptors (Lipinski definition) is 2. The molecule has 0 bridgehead atoms. The molecule has 0 amide bonds. The molecule has 0 unspecified atom stereocenters. The van der Waals surface area contributed by atoms with Crippen molar-refractivity contribution < 1.29 is 18.0 Å². The van der Waals surface area contributed by atoms with Crippen LogP contribution in [0.15, 0.2) is 29.6 Å². The highest BCUT2D eigenvalue weighted by atomic mass is 32.1. The summed E-state index contributed by atoms with van der Waals surface area (Å²) in [5.74, 6) is -0.365. The van der Waals surface area contributed by atoms with Gasteiger partial charge in [-0.2, -0.15) is 13.2 Å². The van der Waals surface area contributed by atoms with E-state index >= 15 is 0 Å². The van der Waals surface area contributed by atoms with E-state index in [0.717, 1.165) is 15.6 Å². The van der Waals surface area contributed by atoms with Crippen molar-refractivity contribution >= 4 is 27.2 Å². The molecule has 96 valence electrons. The molecule has 1 aromatic heterocycles. The average molecular weight is 272 g/mol. The minimum atomic E-state index is -4.26. The molecule has 0 atom stereocenters. The van der Waals surface area contributed by atoms with Crippen LogP contribution < -0.4 is 0 Å². The predicted molar refractivity (Wildman–Crippen MR) is 65.8 cm³/mol. The lowest BCUT2D eigenvalue weighted by atomic mass is 10.0. The molecule has 5 heteroatoms. The quantitative estimate of drug-likeness (QED) is 0.808. The summed E-state index contributed by atoms with van der Waals surface area (Å²) in [7, 11) is 0. The number of hydrogen-bond donors (Lipinski definition) is 0. The van der Waals surface area contributed by atoms with Crippen LogP contribution in [0.3, 0.4) is 0 Å². The highest BCUT2D eigenvalue weighted by molar-refractivity contribution is 7.17. The summed E-state index contributed by atoms with van der Waals surface area (Å²) in [6, 6.07) is 7.58. The second-order valence-electron chi connectivity index (χ2n) is 4.09. The van der Waals surface area contributed by atoms with Crippen LogP contribution in [-0.2, 0) is 11.2 Å². The number of alkyl halides is 3. The summed E-state index contributed by atoms with van der Waals surface area (Å²) < 4.78 is 37.0. The first-order valence-electron chi connectivity index (χ1n) is 5.49. The summed E-state index contributed by atoms with van der Waals surface area (Å²) in [6.07, 6.45) is -5.64. The molecule has 0 spiro atoms. The van der Waals surface area contributed by atoms with Crippen LogP contribution in [0, 0.1) is 0 Å². The molecule has 0 aliphatic carbocycles. The molecule has 0 aliphatic rings. The third kappa shape index (κ3) is 3.32. The van der Waals surface area contributed by atoms with Crippen molar-refractivity contribution in [1.82, 2.24) is 0 Å². The van der Waals surface area contributed by atoms with Crippen molar-refractivity contribution in [2.45, 2.75) is 25.4 Å². The monoisotopic (exact) mass is 272 g/mol. The molecule has 0 N–H and O–H groups in total. The van der Waals surface area contributed by atoms with E-state index in [1.807, 2.05) is 29.6 Å². The fourth-order valence-corrected chi connectivity index (χ4v) is 2.71. The maximum atomic E-state index is 12.0. The normalized spacial score (nSPS) is 11.9. The van der Waals surface area contributed by atoms with Crippen LogP contribution in [0.2, 0.25) is 0 Å². The van der Waals surface area contributed by atoms with Crippen LogP contribution in [0.25, 0.3) is 10.1 Å². The van der Waals surface area contributed by atoms with Gasteiger partial charge in [-0.3, -0.25) is 4.79 Å². The van der Waals surface area contributed by atoms with Gasteiger partial charge >= 0.3 is 6.18 Å². The van der Waals surface area contributed by atoms with E-state index in [1.165, 1.54) is 11.3 Å². The highest BCUT2D eigenvalue weighted by Crippen LogP contribution is 2.27. The maximum Gasteiger partial charge on any atom is 0.389 e. The predicted octanol–water partition coefficient (Wildman–Crippen LogP) is 4.36. The topological polar surface area (TPSA) is 17.1 Å². The van der Waals surface area contributed by atoms with Crippen molar-refractivity contribution in [3.05, 3.63) is 35.2 Å². The van der Waals surface area contributed by atoms with E-state index in [9.17, 15) is 18.0 Å². The third-order valence-electron chi connectivity index (χ3n) is 2.64. The first-order chi connectivity index (χ1) is 8.46. The van der Waals surface area contributed by atoms with Crippen LogP contribution in [-0.4, -0.2) is 12.0 Å². The Labute approximate surface area is 106 Å². The lowest BCUT2D eigenvalue weighted by Gasteiger charge is -2.04. The van der Waals surface area contributed by atoms with E-state index in [1.54, 1.807) is 0 Å². The van der Waals surface area contributed by atoms with Gasteiger partial charge in [0.25, 0.3) is 0 Å². The Balaban J connectivity index is 2.03. The molecule has 0 fully saturated rings. The molecule has 18 heavy (non-hydrogen) atoms. The van der Waals surface area contributed by atoms with E-state index in [0.29, 0.717) is 0 Å². The standard InChI is InChI=1S/C13H11F3OS/c14-13(15,16)6-5-10(17)7-9-8-18-12-4-2-1-3-11(9)12/h1-4,8H,5-7H2. The lowest BCUT2D eigenvalue weighted by Crippen LogP contribution is -2.12. The molecular weight excluding hydrogens is 261 g/mol. The van der Waals surface area contributed by atoms with E-state index < -0.39 is 19.0 Å². The number of Topliss-reactive ketones (excluding diaryl/α,β-unsaturated/α-hetero) is 1. The summed E-state index contributed by atoms with van der Waals surface area (Å²) in [5, 5.41) is 2.80. The average Bonchev–Trinajstić information content (AvgIpc) is 2.70. The maximum absolute atomic E-state index is 12.0. The van der Waals surface area contributed by atoms with Crippen molar-refractivity contribution in [3.8, 4) is 0 Å². The number of benzene rings is 1. The summed E-state index contributed by atoms with van der Waals surface area (Å²) in [6.45, 7) is 0. The van der Waals surface area contributed by atoms with Gasteiger partial charge in [0.1, 0.15) is 5.78 Å². The van der Waals surface area contributed by atoms with Crippen molar-refractivity contribution in [3.63, 3.8) is 0 Å². The van der Waals surface area contributed by atoms with Crippen LogP contribution in [0.4, 0.5) is 13.2 Å². The molecule has 2 rings (SSSR count). The van der Waals surface area contributed by atoms with Gasteiger partial charge in [-0.05, 0) is 22.4 Å². The zero-order chi connectivity index (χ0) is 13.2. The number of ketones is 1. The Kier molecular flexibility index (Phi) is 3.71. The molecule has 1 heterocycles. The van der Waals surface area contributed by atoms with Gasteiger partial charge in [0.15, 0.2) is 0 Å². The zero-order valence-electron chi connectivity index (χ0n) is 9.46. The Morgan fingerprint density at radius 2 is 1.94 bits per heavy atom. The van der Waals surface area contributed by atoms with Gasteiger partial charge in [-0.25, -0.2) is 0 Å². The number of thiophene rings is 1. The van der Waals surface area contributed by atoms with Crippen LogP contribution >= 0.6 is 11.3 Å². The summed E-state index contributed by atoms with van der Waals surface area (Å²) >= 11 is 1.51. The second-order valence-corrected chi connectivity index (χ2v) is 5.00. The third-order valence-corrected chi connectivity index (χ3v) is 3.65. The first kappa shape index (κ1) is 13.1. The van der Waals surface area contributed by atoms with Gasteiger partial charge in [-0.15, -0.1) is 11.3 Å². The summed E-state index contributed by atoms with van der Waals surface area (Å²) in [4.78, 5) is 11.5. The minimum Gasteiger partial charge on any atom is -0.299 e. The van der Waals surface area contributed by atoms with E-state index in [-0.39, 0.29) is 12.2 Å². The fraction of sp³-hybridized carbons (Fsp3) is 0.308. The van der Waals surface area contributed by atoms with Crippen LogP contribution in [0.1, 0.15) is 18.4 Å². The number of carbonyl (C=O) groups is 1. The number of carbonyl (C=O) groups excluding carboxylic acids is 1. The molecule has 0 aliphatic heterocycles. The van der Waals surface area contributed by atoms with Crippen molar-refractivity contribution in [1.29, 1.82) is 0 Å². The fourth-order valence-electron chi connectivity index (χ4n) is 1.75. The smallest absolute Gasteiger partial charge is 0.299 e. The summed E-state index contributed by atoms with van der Waals surface area (Å²) in [5.41, 5.74) is 0.822. The van der Waals surface area contributed by atoms with Gasteiger partial charge in [0.2, 0.25) is 0 Å². The Morgan fingerprint density at radius 1 is 1.22 bits per heavy atom. The van der Waals surface area contributed by atoms with Gasteiger partial charge in [0, 0.05) is 17.5 Å². The Hall–Kier alpha value is -1.36. The highest BCUT2D eigenvalue weighted by Gasteiger charge is 2.27. The Bertz CT molecular complexity index is 557. The largest absolute Gasteiger partial charge is 0.389 e. The second kappa shape index (κ2) is 5.10. The molecule has 0 saturated carbocycles. The molecule has 0 radical (unpaired) electrons. The van der Waals surface area contributed by atoms with Crippen molar-refractivity contribution in [2.75, 3.05) is 0 Å². The first-order valence-corrected chi connectivity index (χ1v) is 6.37. The number of halogens is 3. The van der Waals surface area contributed by atoms with E-state index in [4.69, 9.17) is 0 Å².